The summed E-state index contributed by atoms with van der Waals surface area (Å²) in [5.41, 5.74) is 7.65. The third kappa shape index (κ3) is 2.83. The molecule has 0 radical (unpaired) electrons. The van der Waals surface area contributed by atoms with E-state index in [1.807, 2.05) is 0 Å². The van der Waals surface area contributed by atoms with Crippen molar-refractivity contribution >= 4 is 66.7 Å². The second-order valence-corrected chi connectivity index (χ2v) is 11.1. The molecule has 0 saturated heterocycles. The molecule has 0 aliphatic carbocycles. The SMILES string of the molecule is CC1(n2c3ccccc3c3ccccc32)C=Nc2oc3ccc(-n4c5ccccc5c5ccccc54)cc3c2C1. The number of benzene rings is 5. The van der Waals surface area contributed by atoms with Crippen LogP contribution in [0.25, 0.3) is 60.3 Å². The summed E-state index contributed by atoms with van der Waals surface area (Å²) in [5, 5.41) is 6.18. The molecule has 0 fully saturated rings. The predicted octanol–water partition coefficient (Wildman–Crippen LogP) is 9.31. The number of furan rings is 1. The van der Waals surface area contributed by atoms with Gasteiger partial charge in [0.05, 0.1) is 16.6 Å². The Hall–Kier alpha value is -5.09. The fraction of sp³-hybridized carbons (Fsp3) is 0.0833. The van der Waals surface area contributed by atoms with Gasteiger partial charge < -0.3 is 13.6 Å². The molecular formula is C36H25N3O. The van der Waals surface area contributed by atoms with Crippen molar-refractivity contribution in [1.82, 2.24) is 9.13 Å². The van der Waals surface area contributed by atoms with Crippen LogP contribution in [-0.2, 0) is 12.0 Å². The number of aromatic nitrogens is 2. The second kappa shape index (κ2) is 7.73. The maximum absolute atomic E-state index is 6.31. The topological polar surface area (TPSA) is 35.4 Å². The van der Waals surface area contributed by atoms with E-state index in [2.05, 4.69) is 138 Å². The van der Waals surface area contributed by atoms with Crippen molar-refractivity contribution in [3.63, 3.8) is 0 Å². The lowest BCUT2D eigenvalue weighted by Gasteiger charge is -2.31. The first-order chi connectivity index (χ1) is 19.7. The highest BCUT2D eigenvalue weighted by atomic mass is 16.3. The zero-order valence-electron chi connectivity index (χ0n) is 22.0. The minimum atomic E-state index is -0.352. The fourth-order valence-electron chi connectivity index (χ4n) is 6.95. The van der Waals surface area contributed by atoms with Crippen molar-refractivity contribution < 1.29 is 4.42 Å². The Morgan fingerprint density at radius 2 is 1.15 bits per heavy atom. The maximum Gasteiger partial charge on any atom is 0.223 e. The first kappa shape index (κ1) is 21.8. The Bertz CT molecular complexity index is 2220. The summed E-state index contributed by atoms with van der Waals surface area (Å²) in [4.78, 5) is 4.93. The Balaban J connectivity index is 1.26. The van der Waals surface area contributed by atoms with Gasteiger partial charge in [-0.2, -0.15) is 0 Å². The van der Waals surface area contributed by atoms with Gasteiger partial charge in [0.2, 0.25) is 5.88 Å². The Morgan fingerprint density at radius 1 is 0.625 bits per heavy atom. The van der Waals surface area contributed by atoms with Crippen LogP contribution in [-0.4, -0.2) is 15.3 Å². The molecule has 1 atom stereocenters. The Labute approximate surface area is 230 Å². The molecule has 5 aromatic carbocycles. The average molecular weight is 516 g/mol. The minimum absolute atomic E-state index is 0.352. The molecule has 4 heteroatoms. The summed E-state index contributed by atoms with van der Waals surface area (Å²) in [6.45, 7) is 2.29. The number of para-hydroxylation sites is 4. The van der Waals surface area contributed by atoms with Crippen LogP contribution in [0.15, 0.2) is 125 Å². The van der Waals surface area contributed by atoms with Gasteiger partial charge in [-0.25, -0.2) is 4.99 Å². The molecule has 190 valence electrons. The van der Waals surface area contributed by atoms with E-state index >= 15 is 0 Å². The largest absolute Gasteiger partial charge is 0.438 e. The molecule has 9 rings (SSSR count). The van der Waals surface area contributed by atoms with Gasteiger partial charge >= 0.3 is 0 Å². The summed E-state index contributed by atoms with van der Waals surface area (Å²) in [6, 6.07) is 41.2. The lowest BCUT2D eigenvalue weighted by Crippen LogP contribution is -2.35. The molecular weight excluding hydrogens is 490 g/mol. The quantitative estimate of drug-likeness (QED) is 0.226. The van der Waals surface area contributed by atoms with Crippen molar-refractivity contribution in [3.05, 3.63) is 121 Å². The summed E-state index contributed by atoms with van der Waals surface area (Å²) in [7, 11) is 0. The van der Waals surface area contributed by atoms with Crippen molar-refractivity contribution in [3.8, 4) is 5.69 Å². The van der Waals surface area contributed by atoms with Gasteiger partial charge in [0.15, 0.2) is 0 Å². The Kier molecular flexibility index (Phi) is 4.22. The van der Waals surface area contributed by atoms with Gasteiger partial charge in [-0.3, -0.25) is 0 Å². The van der Waals surface area contributed by atoms with Crippen LogP contribution in [0.1, 0.15) is 12.5 Å². The van der Waals surface area contributed by atoms with E-state index in [0.29, 0.717) is 5.88 Å². The molecule has 3 aromatic heterocycles. The van der Waals surface area contributed by atoms with Gasteiger partial charge in [-0.15, -0.1) is 0 Å². The predicted molar refractivity (Wildman–Crippen MR) is 166 cm³/mol. The number of nitrogens with zero attached hydrogens (tertiary/aromatic N) is 3. The molecule has 8 aromatic rings. The molecule has 1 aliphatic heterocycles. The maximum atomic E-state index is 6.31. The molecule has 0 N–H and O–H groups in total. The summed E-state index contributed by atoms with van der Waals surface area (Å²) < 4.78 is 11.1. The lowest BCUT2D eigenvalue weighted by molar-refractivity contribution is 0.468. The molecule has 1 aliphatic rings. The number of hydrogen-bond donors (Lipinski definition) is 0. The fourth-order valence-corrected chi connectivity index (χ4v) is 6.95. The van der Waals surface area contributed by atoms with E-state index in [0.717, 1.165) is 28.6 Å². The van der Waals surface area contributed by atoms with Crippen LogP contribution < -0.4 is 0 Å². The van der Waals surface area contributed by atoms with E-state index in [9.17, 15) is 0 Å². The zero-order valence-corrected chi connectivity index (χ0v) is 22.0. The normalized spacial score (nSPS) is 17.0. The smallest absolute Gasteiger partial charge is 0.223 e. The summed E-state index contributed by atoms with van der Waals surface area (Å²) in [6.07, 6.45) is 2.86. The van der Waals surface area contributed by atoms with Crippen molar-refractivity contribution in [2.75, 3.05) is 0 Å². The van der Waals surface area contributed by atoms with Crippen LogP contribution in [0.4, 0.5) is 5.88 Å². The monoisotopic (exact) mass is 515 g/mol. The average Bonchev–Trinajstić information content (AvgIpc) is 3.64. The molecule has 0 spiro atoms. The van der Waals surface area contributed by atoms with Crippen LogP contribution in [0.2, 0.25) is 0 Å². The minimum Gasteiger partial charge on any atom is -0.438 e. The van der Waals surface area contributed by atoms with E-state index < -0.39 is 0 Å². The van der Waals surface area contributed by atoms with E-state index in [1.54, 1.807) is 0 Å². The highest BCUT2D eigenvalue weighted by molar-refractivity contribution is 6.10. The highest BCUT2D eigenvalue weighted by Crippen LogP contribution is 2.43. The van der Waals surface area contributed by atoms with Crippen molar-refractivity contribution in [2.45, 2.75) is 18.9 Å². The Morgan fingerprint density at radius 3 is 1.75 bits per heavy atom. The van der Waals surface area contributed by atoms with E-state index in [1.165, 1.54) is 43.6 Å². The zero-order chi connectivity index (χ0) is 26.4. The van der Waals surface area contributed by atoms with Crippen LogP contribution in [0, 0.1) is 0 Å². The van der Waals surface area contributed by atoms with Gasteiger partial charge in [0.25, 0.3) is 0 Å². The third-order valence-electron chi connectivity index (χ3n) is 8.68. The number of fused-ring (bicyclic) bond motifs is 9. The first-order valence-electron chi connectivity index (χ1n) is 13.8. The summed E-state index contributed by atoms with van der Waals surface area (Å²) >= 11 is 0. The molecule has 0 saturated carbocycles. The van der Waals surface area contributed by atoms with Crippen molar-refractivity contribution in [2.24, 2.45) is 4.99 Å². The van der Waals surface area contributed by atoms with E-state index in [-0.39, 0.29) is 5.54 Å². The number of rotatable bonds is 2. The van der Waals surface area contributed by atoms with Gasteiger partial charge in [-0.1, -0.05) is 72.8 Å². The molecule has 4 nitrogen and oxygen atoms in total. The highest BCUT2D eigenvalue weighted by Gasteiger charge is 2.34. The number of aliphatic imine (C=N–C) groups is 1. The van der Waals surface area contributed by atoms with Gasteiger partial charge in [-0.05, 0) is 49.4 Å². The summed E-state index contributed by atoms with van der Waals surface area (Å²) in [5.74, 6) is 0.715. The molecule has 0 amide bonds. The van der Waals surface area contributed by atoms with Crippen LogP contribution in [0.5, 0.6) is 0 Å². The first-order valence-corrected chi connectivity index (χ1v) is 13.8. The molecule has 0 bridgehead atoms. The number of hydrogen-bond acceptors (Lipinski definition) is 2. The van der Waals surface area contributed by atoms with Crippen LogP contribution in [0.3, 0.4) is 0 Å². The van der Waals surface area contributed by atoms with E-state index in [4.69, 9.17) is 9.41 Å². The van der Waals surface area contributed by atoms with Gasteiger partial charge in [0.1, 0.15) is 5.58 Å². The molecule has 40 heavy (non-hydrogen) atoms. The third-order valence-corrected chi connectivity index (χ3v) is 8.68. The molecule has 4 heterocycles. The van der Waals surface area contributed by atoms with Crippen molar-refractivity contribution in [1.29, 1.82) is 0 Å². The second-order valence-electron chi connectivity index (χ2n) is 11.1. The molecule has 1 unspecified atom stereocenters. The lowest BCUT2D eigenvalue weighted by atomic mass is 9.90. The van der Waals surface area contributed by atoms with Gasteiger partial charge in [0, 0.05) is 61.9 Å². The van der Waals surface area contributed by atoms with Crippen LogP contribution >= 0.6 is 0 Å². The standard InChI is InChI=1S/C36H25N3O/c1-36(39-32-16-8-4-12-26(32)27-13-5-9-17-33(27)39)21-29-28-20-23(18-19-34(28)40-35(29)37-22-36)38-30-14-6-2-10-24(30)25-11-3-7-15-31(25)38/h2-20,22H,21H2,1H3.